The summed E-state index contributed by atoms with van der Waals surface area (Å²) in [6, 6.07) is 7.72. The predicted octanol–water partition coefficient (Wildman–Crippen LogP) is 3.80. The molecule has 1 aliphatic rings. The number of nitrogens with zero attached hydrogens (tertiary/aromatic N) is 1. The Labute approximate surface area is 227 Å². The number of benzene rings is 1. The molecule has 1 atom stereocenters. The summed E-state index contributed by atoms with van der Waals surface area (Å²) in [5.74, 6) is -0.769. The summed E-state index contributed by atoms with van der Waals surface area (Å²) in [4.78, 5) is 37.0. The van der Waals surface area contributed by atoms with Crippen molar-refractivity contribution in [3.8, 4) is 0 Å². The van der Waals surface area contributed by atoms with E-state index in [1.165, 1.54) is 13.1 Å². The monoisotopic (exact) mass is 567 g/mol. The fourth-order valence-corrected chi connectivity index (χ4v) is 4.07. The number of nitrogens with one attached hydrogen (secondary N) is 4. The van der Waals surface area contributed by atoms with Crippen LogP contribution < -0.4 is 21.5 Å². The van der Waals surface area contributed by atoms with E-state index in [4.69, 9.17) is 16.3 Å². The number of halogens is 4. The van der Waals surface area contributed by atoms with Gasteiger partial charge < -0.3 is 15.4 Å². The fourth-order valence-electron chi connectivity index (χ4n) is 3.96. The third-order valence-electron chi connectivity index (χ3n) is 6.06. The average molecular weight is 568 g/mol. The Bertz CT molecular complexity index is 1300. The quantitative estimate of drug-likeness (QED) is 0.240. The molecule has 9 nitrogen and oxygen atoms in total. The minimum absolute atomic E-state index is 0.0118. The van der Waals surface area contributed by atoms with Crippen LogP contribution >= 0.6 is 11.6 Å². The number of aromatic nitrogens is 2. The molecule has 0 bridgehead atoms. The first-order valence-electron chi connectivity index (χ1n) is 12.1. The van der Waals surface area contributed by atoms with Crippen LogP contribution in [0.15, 0.2) is 63.7 Å². The van der Waals surface area contributed by atoms with Crippen molar-refractivity contribution in [3.63, 3.8) is 0 Å². The molecular weight excluding hydrogens is 539 g/mol. The highest BCUT2D eigenvalue weighted by atomic mass is 35.5. The van der Waals surface area contributed by atoms with Crippen molar-refractivity contribution >= 4 is 29.0 Å². The van der Waals surface area contributed by atoms with E-state index in [0.717, 1.165) is 12.1 Å². The van der Waals surface area contributed by atoms with Crippen LogP contribution in [-0.2, 0) is 16.1 Å². The molecule has 0 unspecified atom stereocenters. The first kappa shape index (κ1) is 30.1. The van der Waals surface area contributed by atoms with Crippen molar-refractivity contribution in [1.29, 1.82) is 0 Å². The number of carbonyl (C=O) groups is 2. The van der Waals surface area contributed by atoms with Crippen LogP contribution in [0.3, 0.4) is 0 Å². The molecule has 210 valence electrons. The maximum atomic E-state index is 13.5. The van der Waals surface area contributed by atoms with E-state index in [1.54, 1.807) is 31.2 Å². The van der Waals surface area contributed by atoms with E-state index in [1.807, 2.05) is 0 Å². The topological polar surface area (TPSA) is 125 Å². The third-order valence-corrected chi connectivity index (χ3v) is 6.17. The number of ketones is 1. The summed E-state index contributed by atoms with van der Waals surface area (Å²) < 4.78 is 46.0. The lowest BCUT2D eigenvalue weighted by atomic mass is 9.96. The van der Waals surface area contributed by atoms with E-state index in [0.29, 0.717) is 24.3 Å². The molecule has 1 aromatic heterocycles. The van der Waals surface area contributed by atoms with Crippen LogP contribution in [0.2, 0.25) is 0 Å². The second kappa shape index (κ2) is 13.0. The predicted molar refractivity (Wildman–Crippen MR) is 140 cm³/mol. The van der Waals surface area contributed by atoms with Crippen LogP contribution in [0.1, 0.15) is 42.6 Å². The van der Waals surface area contributed by atoms with Crippen molar-refractivity contribution in [2.75, 3.05) is 25.1 Å². The molecule has 1 amide bonds. The number of hydrogen-bond donors (Lipinski definition) is 4. The highest BCUT2D eigenvalue weighted by Crippen LogP contribution is 2.32. The van der Waals surface area contributed by atoms with Crippen molar-refractivity contribution in [3.05, 3.63) is 80.4 Å². The molecule has 13 heteroatoms. The van der Waals surface area contributed by atoms with E-state index in [-0.39, 0.29) is 48.3 Å². The molecule has 0 radical (unpaired) electrons. The maximum absolute atomic E-state index is 13.5. The maximum Gasteiger partial charge on any atom is 0.418 e. The number of hydrogen-bond acceptors (Lipinski definition) is 7. The highest BCUT2D eigenvalue weighted by Gasteiger charge is 2.42. The number of aromatic amines is 1. The fraction of sp³-hybridized carbons (Fsp3) is 0.385. The standard InChI is InChI=1S/C26H29ClF3N5O4/c1-3-21(20(10-16(2)27)26(28,29)30)34-19-6-4-17(5-7-19)12-31-24(38)25(8-9-39-15-25)32-14-22(36)18-11-23(37)35-33-13-18/h4-7,10-11,13,32,34H,3,8-9,12,14-15H2,1-2H3,(H,31,38)(H,35,37)/b16-10+,21-20-/t25-/m0/s1. The van der Waals surface area contributed by atoms with Gasteiger partial charge in [-0.15, -0.1) is 0 Å². The Kier molecular flexibility index (Phi) is 10.1. The van der Waals surface area contributed by atoms with Gasteiger partial charge in [-0.25, -0.2) is 5.10 Å². The van der Waals surface area contributed by atoms with Crippen LogP contribution in [0, 0.1) is 0 Å². The molecule has 0 saturated carbocycles. The second-order valence-electron chi connectivity index (χ2n) is 8.97. The van der Waals surface area contributed by atoms with E-state index in [9.17, 15) is 27.6 Å². The normalized spacial score (nSPS) is 18.5. The average Bonchev–Trinajstić information content (AvgIpc) is 3.38. The zero-order chi connectivity index (χ0) is 28.6. The van der Waals surface area contributed by atoms with Gasteiger partial charge in [-0.05, 0) is 37.1 Å². The van der Waals surface area contributed by atoms with Gasteiger partial charge in [0, 0.05) is 47.6 Å². The first-order valence-corrected chi connectivity index (χ1v) is 12.5. The minimum Gasteiger partial charge on any atom is -0.379 e. The number of Topliss-reactive ketones (excluding diaryl/α,β-unsaturated/α-hetero) is 1. The molecule has 2 heterocycles. The van der Waals surface area contributed by atoms with E-state index >= 15 is 0 Å². The number of H-pyrrole nitrogens is 1. The van der Waals surface area contributed by atoms with Gasteiger partial charge in [-0.3, -0.25) is 19.7 Å². The van der Waals surface area contributed by atoms with Gasteiger partial charge in [0.1, 0.15) is 5.54 Å². The second-order valence-corrected chi connectivity index (χ2v) is 9.57. The Morgan fingerprint density at radius 3 is 2.54 bits per heavy atom. The Morgan fingerprint density at radius 2 is 1.97 bits per heavy atom. The number of alkyl halides is 3. The molecule has 4 N–H and O–H groups in total. The number of carbonyl (C=O) groups excluding carboxylic acids is 2. The van der Waals surface area contributed by atoms with Crippen LogP contribution in [0.5, 0.6) is 0 Å². The summed E-state index contributed by atoms with van der Waals surface area (Å²) in [6.45, 7) is 3.32. The number of anilines is 1. The zero-order valence-electron chi connectivity index (χ0n) is 21.4. The van der Waals surface area contributed by atoms with Gasteiger partial charge in [0.2, 0.25) is 5.91 Å². The summed E-state index contributed by atoms with van der Waals surface area (Å²) in [5.41, 5.74) is -1.24. The van der Waals surface area contributed by atoms with Gasteiger partial charge >= 0.3 is 6.18 Å². The van der Waals surface area contributed by atoms with Gasteiger partial charge in [0.15, 0.2) is 5.78 Å². The van der Waals surface area contributed by atoms with Crippen molar-refractivity contribution < 1.29 is 27.5 Å². The van der Waals surface area contributed by atoms with Crippen molar-refractivity contribution in [1.82, 2.24) is 20.8 Å². The molecular formula is C26H29ClF3N5O4. The van der Waals surface area contributed by atoms with Gasteiger partial charge in [-0.1, -0.05) is 30.7 Å². The van der Waals surface area contributed by atoms with Crippen LogP contribution in [-0.4, -0.2) is 53.4 Å². The van der Waals surface area contributed by atoms with E-state index < -0.39 is 28.6 Å². The lowest BCUT2D eigenvalue weighted by Gasteiger charge is -2.27. The summed E-state index contributed by atoms with van der Waals surface area (Å²) in [7, 11) is 0. The van der Waals surface area contributed by atoms with Gasteiger partial charge in [-0.2, -0.15) is 18.3 Å². The smallest absolute Gasteiger partial charge is 0.379 e. The molecule has 1 saturated heterocycles. The molecule has 2 aromatic rings. The van der Waals surface area contributed by atoms with Gasteiger partial charge in [0.05, 0.1) is 24.9 Å². The summed E-state index contributed by atoms with van der Waals surface area (Å²) in [6.07, 6.45) is -2.01. The molecule has 3 rings (SSSR count). The third kappa shape index (κ3) is 8.25. The van der Waals surface area contributed by atoms with Crippen LogP contribution in [0.4, 0.5) is 18.9 Å². The largest absolute Gasteiger partial charge is 0.418 e. The lowest BCUT2D eigenvalue weighted by Crippen LogP contribution is -2.58. The lowest BCUT2D eigenvalue weighted by molar-refractivity contribution is -0.127. The summed E-state index contributed by atoms with van der Waals surface area (Å²) >= 11 is 5.71. The Hall–Kier alpha value is -3.48. The number of ether oxygens (including phenoxy) is 1. The molecule has 0 aliphatic carbocycles. The Balaban J connectivity index is 1.64. The Morgan fingerprint density at radius 1 is 1.26 bits per heavy atom. The summed E-state index contributed by atoms with van der Waals surface area (Å²) in [5, 5.41) is 14.4. The highest BCUT2D eigenvalue weighted by molar-refractivity contribution is 6.29. The van der Waals surface area contributed by atoms with E-state index in [2.05, 4.69) is 26.1 Å². The van der Waals surface area contributed by atoms with Crippen LogP contribution in [0.25, 0.3) is 0 Å². The van der Waals surface area contributed by atoms with Crippen molar-refractivity contribution in [2.24, 2.45) is 0 Å². The first-order chi connectivity index (χ1) is 18.4. The van der Waals surface area contributed by atoms with Crippen molar-refractivity contribution in [2.45, 2.75) is 44.9 Å². The molecule has 0 spiro atoms. The number of amides is 1. The molecule has 1 aromatic carbocycles. The molecule has 1 fully saturated rings. The zero-order valence-corrected chi connectivity index (χ0v) is 22.1. The van der Waals surface area contributed by atoms with Gasteiger partial charge in [0.25, 0.3) is 5.56 Å². The number of allylic oxidation sites excluding steroid dienone is 4. The number of rotatable bonds is 11. The minimum atomic E-state index is -4.58. The molecule has 1 aliphatic heterocycles. The molecule has 39 heavy (non-hydrogen) atoms. The SMILES string of the molecule is CC/C(Nc1ccc(CNC(=O)[C@]2(NCC(=O)c3cn[nH]c(=O)c3)CCOC2)cc1)=C(\C=C(/C)Cl)C(F)(F)F.